The van der Waals surface area contributed by atoms with Crippen LogP contribution in [-0.4, -0.2) is 29.9 Å². The number of nitrogens with zero attached hydrogens (tertiary/aromatic N) is 2. The first kappa shape index (κ1) is 23.2. The number of rotatable bonds is 4. The van der Waals surface area contributed by atoms with E-state index in [1.807, 2.05) is 6.07 Å². The quantitative estimate of drug-likeness (QED) is 0.429. The number of hydrogen-bond donors (Lipinski definition) is 1. The summed E-state index contributed by atoms with van der Waals surface area (Å²) in [6.45, 7) is 9.91. The van der Waals surface area contributed by atoms with Crippen molar-refractivity contribution in [2.24, 2.45) is 0 Å². The number of urea groups is 1. The molecule has 1 saturated heterocycles. The van der Waals surface area contributed by atoms with E-state index in [0.29, 0.717) is 11.6 Å². The van der Waals surface area contributed by atoms with Crippen molar-refractivity contribution in [3.8, 4) is 0 Å². The van der Waals surface area contributed by atoms with Crippen LogP contribution in [0.5, 0.6) is 0 Å². The minimum atomic E-state index is -0.749. The maximum atomic E-state index is 13.2. The van der Waals surface area contributed by atoms with Crippen molar-refractivity contribution in [2.45, 2.75) is 52.0 Å². The van der Waals surface area contributed by atoms with Gasteiger partial charge in [-0.15, -0.1) is 0 Å². The molecule has 6 nitrogen and oxygen atoms in total. The SMILES string of the molecule is CCCN1c2ccc(/C=C3/C(=O)NC(=O)N(c4ccc(Br)cc4)C3=O)cc2C(C)CC1(C)C. The summed E-state index contributed by atoms with van der Waals surface area (Å²) >= 11 is 3.35. The van der Waals surface area contributed by atoms with Crippen LogP contribution in [-0.2, 0) is 9.59 Å². The Morgan fingerprint density at radius 2 is 1.82 bits per heavy atom. The van der Waals surface area contributed by atoms with Crippen molar-refractivity contribution in [3.63, 3.8) is 0 Å². The van der Waals surface area contributed by atoms with E-state index in [-0.39, 0.29) is 11.1 Å². The molecular formula is C26H28BrN3O3. The molecule has 2 aromatic rings. The van der Waals surface area contributed by atoms with Gasteiger partial charge in [0, 0.05) is 22.2 Å². The number of benzene rings is 2. The molecule has 0 aliphatic carbocycles. The largest absolute Gasteiger partial charge is 0.366 e. The second-order valence-electron chi connectivity index (χ2n) is 9.32. The second kappa shape index (κ2) is 8.78. The third kappa shape index (κ3) is 4.34. The molecule has 2 aromatic carbocycles. The number of fused-ring (bicyclic) bond motifs is 1. The summed E-state index contributed by atoms with van der Waals surface area (Å²) in [5, 5.41) is 2.29. The van der Waals surface area contributed by atoms with Crippen molar-refractivity contribution in [1.82, 2.24) is 5.32 Å². The smallest absolute Gasteiger partial charge is 0.335 e. The van der Waals surface area contributed by atoms with Gasteiger partial charge in [0.1, 0.15) is 5.57 Å². The van der Waals surface area contributed by atoms with Crippen molar-refractivity contribution in [3.05, 3.63) is 63.6 Å². The predicted molar refractivity (Wildman–Crippen MR) is 134 cm³/mol. The Kier molecular flexibility index (Phi) is 6.18. The highest BCUT2D eigenvalue weighted by Gasteiger charge is 2.38. The summed E-state index contributed by atoms with van der Waals surface area (Å²) in [4.78, 5) is 41.6. The van der Waals surface area contributed by atoms with E-state index in [9.17, 15) is 14.4 Å². The lowest BCUT2D eigenvalue weighted by molar-refractivity contribution is -0.122. The van der Waals surface area contributed by atoms with Gasteiger partial charge in [-0.3, -0.25) is 14.9 Å². The van der Waals surface area contributed by atoms with Gasteiger partial charge in [0.25, 0.3) is 11.8 Å². The fourth-order valence-corrected chi connectivity index (χ4v) is 5.16. The van der Waals surface area contributed by atoms with Gasteiger partial charge < -0.3 is 4.90 Å². The summed E-state index contributed by atoms with van der Waals surface area (Å²) < 4.78 is 0.825. The lowest BCUT2D eigenvalue weighted by atomic mass is 9.79. The van der Waals surface area contributed by atoms with Crippen LogP contribution in [0.3, 0.4) is 0 Å². The van der Waals surface area contributed by atoms with Crippen LogP contribution < -0.4 is 15.1 Å². The minimum absolute atomic E-state index is 0.0627. The maximum absolute atomic E-state index is 13.2. The van der Waals surface area contributed by atoms with Crippen molar-refractivity contribution in [1.29, 1.82) is 0 Å². The monoisotopic (exact) mass is 509 g/mol. The average Bonchev–Trinajstić information content (AvgIpc) is 2.75. The van der Waals surface area contributed by atoms with Gasteiger partial charge in [0.05, 0.1) is 5.69 Å². The van der Waals surface area contributed by atoms with Gasteiger partial charge >= 0.3 is 6.03 Å². The number of barbiturate groups is 1. The fourth-order valence-electron chi connectivity index (χ4n) is 4.89. The lowest BCUT2D eigenvalue weighted by Crippen LogP contribution is -2.54. The standard InChI is InChI=1S/C26H28BrN3O3/c1-5-12-29-22-11-6-17(13-20(22)16(2)15-26(29,3)4)14-21-23(31)28-25(33)30(24(21)32)19-9-7-18(27)8-10-19/h6-11,13-14,16H,5,12,15H2,1-4H3,(H,28,31,33)/b21-14-. The molecule has 1 atom stereocenters. The van der Waals surface area contributed by atoms with Gasteiger partial charge in [-0.1, -0.05) is 35.8 Å². The van der Waals surface area contributed by atoms with Crippen LogP contribution in [0.1, 0.15) is 57.6 Å². The first-order chi connectivity index (χ1) is 15.6. The molecule has 172 valence electrons. The number of anilines is 2. The number of amides is 4. The zero-order valence-electron chi connectivity index (χ0n) is 19.3. The number of hydrogen-bond acceptors (Lipinski definition) is 4. The minimum Gasteiger partial charge on any atom is -0.366 e. The molecule has 0 aromatic heterocycles. The highest BCUT2D eigenvalue weighted by Crippen LogP contribution is 2.43. The molecule has 7 heteroatoms. The molecule has 2 heterocycles. The zero-order chi connectivity index (χ0) is 23.9. The zero-order valence-corrected chi connectivity index (χ0v) is 20.9. The summed E-state index contributed by atoms with van der Waals surface area (Å²) in [6, 6.07) is 12.1. The van der Waals surface area contributed by atoms with Gasteiger partial charge in [0.15, 0.2) is 0 Å². The molecule has 0 radical (unpaired) electrons. The average molecular weight is 510 g/mol. The van der Waals surface area contributed by atoms with Crippen LogP contribution in [0.2, 0.25) is 0 Å². The molecular weight excluding hydrogens is 482 g/mol. The molecule has 0 bridgehead atoms. The Morgan fingerprint density at radius 1 is 1.12 bits per heavy atom. The summed E-state index contributed by atoms with van der Waals surface area (Å²) in [6.07, 6.45) is 3.65. The first-order valence-electron chi connectivity index (χ1n) is 11.2. The third-order valence-electron chi connectivity index (χ3n) is 6.35. The number of halogens is 1. The fraction of sp³-hybridized carbons (Fsp3) is 0.346. The normalized spacial score (nSPS) is 21.3. The highest BCUT2D eigenvalue weighted by molar-refractivity contribution is 9.10. The number of nitrogens with one attached hydrogen (secondary N) is 1. The molecule has 1 unspecified atom stereocenters. The number of carbonyl (C=O) groups is 3. The Bertz CT molecular complexity index is 1150. The molecule has 33 heavy (non-hydrogen) atoms. The van der Waals surface area contributed by atoms with E-state index in [2.05, 4.69) is 66.0 Å². The van der Waals surface area contributed by atoms with E-state index in [4.69, 9.17) is 0 Å². The molecule has 4 amide bonds. The Morgan fingerprint density at radius 3 is 2.48 bits per heavy atom. The third-order valence-corrected chi connectivity index (χ3v) is 6.88. The van der Waals surface area contributed by atoms with E-state index in [0.717, 1.165) is 34.3 Å². The second-order valence-corrected chi connectivity index (χ2v) is 10.2. The Labute approximate surface area is 202 Å². The van der Waals surface area contributed by atoms with Crippen molar-refractivity contribution in [2.75, 3.05) is 16.3 Å². The van der Waals surface area contributed by atoms with E-state index < -0.39 is 17.8 Å². The summed E-state index contributed by atoms with van der Waals surface area (Å²) in [7, 11) is 0. The van der Waals surface area contributed by atoms with E-state index in [1.54, 1.807) is 30.3 Å². The highest BCUT2D eigenvalue weighted by atomic mass is 79.9. The molecule has 2 aliphatic rings. The van der Waals surface area contributed by atoms with Gasteiger partial charge in [-0.25, -0.2) is 9.69 Å². The first-order valence-corrected chi connectivity index (χ1v) is 12.0. The van der Waals surface area contributed by atoms with Gasteiger partial charge in [-0.2, -0.15) is 0 Å². The van der Waals surface area contributed by atoms with Crippen molar-refractivity contribution < 1.29 is 14.4 Å². The number of imide groups is 2. The molecule has 4 rings (SSSR count). The van der Waals surface area contributed by atoms with Crippen LogP contribution >= 0.6 is 15.9 Å². The van der Waals surface area contributed by atoms with Crippen LogP contribution in [0.15, 0.2) is 52.5 Å². The molecule has 2 aliphatic heterocycles. The lowest BCUT2D eigenvalue weighted by Gasteiger charge is -2.47. The Balaban J connectivity index is 1.72. The molecule has 1 N–H and O–H groups in total. The predicted octanol–water partition coefficient (Wildman–Crippen LogP) is 5.62. The van der Waals surface area contributed by atoms with E-state index in [1.165, 1.54) is 11.3 Å². The van der Waals surface area contributed by atoms with Crippen LogP contribution in [0, 0.1) is 0 Å². The molecule has 1 fully saturated rings. The summed E-state index contributed by atoms with van der Waals surface area (Å²) in [5.41, 5.74) is 3.57. The van der Waals surface area contributed by atoms with Crippen molar-refractivity contribution >= 4 is 51.2 Å². The maximum Gasteiger partial charge on any atom is 0.335 e. The van der Waals surface area contributed by atoms with Gasteiger partial charge in [-0.05, 0) is 86.2 Å². The molecule has 0 saturated carbocycles. The van der Waals surface area contributed by atoms with Crippen LogP contribution in [0.4, 0.5) is 16.2 Å². The molecule has 0 spiro atoms. The number of carbonyl (C=O) groups excluding carboxylic acids is 3. The summed E-state index contributed by atoms with van der Waals surface area (Å²) in [5.74, 6) is -0.971. The van der Waals surface area contributed by atoms with E-state index >= 15 is 0 Å². The van der Waals surface area contributed by atoms with Gasteiger partial charge in [0.2, 0.25) is 0 Å². The Hall–Kier alpha value is -2.93. The van der Waals surface area contributed by atoms with Crippen LogP contribution in [0.25, 0.3) is 6.08 Å². The topological polar surface area (TPSA) is 69.7 Å².